The molecule has 0 radical (unpaired) electrons. The van der Waals surface area contributed by atoms with Crippen LogP contribution in [-0.2, 0) is 6.42 Å². The fourth-order valence-corrected chi connectivity index (χ4v) is 2.91. The Morgan fingerprint density at radius 3 is 2.72 bits per heavy atom. The molecule has 0 spiro atoms. The zero-order valence-electron chi connectivity index (χ0n) is 11.1. The molecular weight excluding hydrogens is 222 g/mol. The maximum Gasteiger partial charge on any atom is 0.0474 e. The van der Waals surface area contributed by atoms with Crippen molar-refractivity contribution < 1.29 is 5.11 Å². The summed E-state index contributed by atoms with van der Waals surface area (Å²) in [6.07, 6.45) is 7.35. The number of unbranched alkanes of at least 4 members (excludes halogenated alkanes) is 1. The summed E-state index contributed by atoms with van der Waals surface area (Å²) in [4.78, 5) is 0. The van der Waals surface area contributed by atoms with Gasteiger partial charge in [0.2, 0.25) is 0 Å². The molecule has 2 heteroatoms. The Labute approximate surface area is 110 Å². The topological polar surface area (TPSA) is 32.3 Å². The van der Waals surface area contributed by atoms with Crippen molar-refractivity contribution in [1.82, 2.24) is 5.32 Å². The summed E-state index contributed by atoms with van der Waals surface area (Å²) in [6.45, 7) is 1.44. The second-order valence-electron chi connectivity index (χ2n) is 5.38. The van der Waals surface area contributed by atoms with Gasteiger partial charge in [-0.2, -0.15) is 0 Å². The normalized spacial score (nSPS) is 23.4. The zero-order chi connectivity index (χ0) is 12.6. The van der Waals surface area contributed by atoms with Gasteiger partial charge in [-0.25, -0.2) is 0 Å². The standard InChI is InChI=1S/C16H25NO/c18-13-15-10-6-11-16(15)17-12-5-4-9-14-7-2-1-3-8-14/h1-3,7-8,15-18H,4-6,9-13H2. The Bertz CT molecular complexity index is 325. The van der Waals surface area contributed by atoms with Gasteiger partial charge in [-0.05, 0) is 50.1 Å². The Balaban J connectivity index is 1.56. The van der Waals surface area contributed by atoms with Crippen LogP contribution in [0.4, 0.5) is 0 Å². The average Bonchev–Trinajstić information content (AvgIpc) is 2.87. The summed E-state index contributed by atoms with van der Waals surface area (Å²) in [5, 5.41) is 12.9. The van der Waals surface area contributed by atoms with E-state index in [0.717, 1.165) is 6.54 Å². The van der Waals surface area contributed by atoms with E-state index in [0.29, 0.717) is 18.6 Å². The molecule has 2 nitrogen and oxygen atoms in total. The number of hydrogen-bond acceptors (Lipinski definition) is 2. The van der Waals surface area contributed by atoms with Crippen molar-refractivity contribution in [3.8, 4) is 0 Å². The van der Waals surface area contributed by atoms with Crippen molar-refractivity contribution in [3.05, 3.63) is 35.9 Å². The molecule has 0 bridgehead atoms. The Morgan fingerprint density at radius 1 is 1.11 bits per heavy atom. The molecule has 18 heavy (non-hydrogen) atoms. The van der Waals surface area contributed by atoms with Crippen molar-refractivity contribution in [2.45, 2.75) is 44.6 Å². The van der Waals surface area contributed by atoms with Crippen molar-refractivity contribution in [1.29, 1.82) is 0 Å². The largest absolute Gasteiger partial charge is 0.396 e. The highest BCUT2D eigenvalue weighted by Gasteiger charge is 2.25. The molecule has 1 fully saturated rings. The molecule has 0 aliphatic heterocycles. The van der Waals surface area contributed by atoms with E-state index in [2.05, 4.69) is 35.6 Å². The summed E-state index contributed by atoms with van der Waals surface area (Å²) in [5.41, 5.74) is 1.44. The van der Waals surface area contributed by atoms with Crippen LogP contribution >= 0.6 is 0 Å². The summed E-state index contributed by atoms with van der Waals surface area (Å²) < 4.78 is 0. The lowest BCUT2D eigenvalue weighted by molar-refractivity contribution is 0.205. The minimum atomic E-state index is 0.349. The first-order valence-electron chi connectivity index (χ1n) is 7.28. The first kappa shape index (κ1) is 13.6. The van der Waals surface area contributed by atoms with Gasteiger partial charge in [-0.15, -0.1) is 0 Å². The minimum absolute atomic E-state index is 0.349. The molecule has 0 aromatic heterocycles. The highest BCUT2D eigenvalue weighted by Crippen LogP contribution is 2.24. The van der Waals surface area contributed by atoms with E-state index in [1.807, 2.05) is 0 Å². The Hall–Kier alpha value is -0.860. The SMILES string of the molecule is OCC1CCCC1NCCCCc1ccccc1. The maximum atomic E-state index is 9.25. The van der Waals surface area contributed by atoms with Gasteiger partial charge < -0.3 is 10.4 Å². The number of rotatable bonds is 7. The third-order valence-electron chi connectivity index (χ3n) is 4.04. The van der Waals surface area contributed by atoms with E-state index in [4.69, 9.17) is 0 Å². The van der Waals surface area contributed by atoms with Crippen LogP contribution in [0.25, 0.3) is 0 Å². The first-order valence-corrected chi connectivity index (χ1v) is 7.28. The monoisotopic (exact) mass is 247 g/mol. The van der Waals surface area contributed by atoms with Crippen molar-refractivity contribution in [3.63, 3.8) is 0 Å². The molecule has 1 saturated carbocycles. The summed E-state index contributed by atoms with van der Waals surface area (Å²) in [7, 11) is 0. The lowest BCUT2D eigenvalue weighted by Gasteiger charge is -2.18. The van der Waals surface area contributed by atoms with Crippen LogP contribution < -0.4 is 5.32 Å². The quantitative estimate of drug-likeness (QED) is 0.726. The van der Waals surface area contributed by atoms with Gasteiger partial charge in [0, 0.05) is 12.6 Å². The molecule has 0 heterocycles. The van der Waals surface area contributed by atoms with Gasteiger partial charge in [0.15, 0.2) is 0 Å². The number of benzene rings is 1. The molecule has 1 aromatic rings. The van der Waals surface area contributed by atoms with Crippen LogP contribution in [0, 0.1) is 5.92 Å². The van der Waals surface area contributed by atoms with Crippen LogP contribution in [0.15, 0.2) is 30.3 Å². The number of nitrogens with one attached hydrogen (secondary N) is 1. The van der Waals surface area contributed by atoms with E-state index in [1.165, 1.54) is 44.1 Å². The molecule has 0 saturated heterocycles. The second kappa shape index (κ2) is 7.55. The van der Waals surface area contributed by atoms with Gasteiger partial charge >= 0.3 is 0 Å². The fourth-order valence-electron chi connectivity index (χ4n) is 2.91. The van der Waals surface area contributed by atoms with Crippen LogP contribution in [0.2, 0.25) is 0 Å². The number of aliphatic hydroxyl groups excluding tert-OH is 1. The predicted molar refractivity (Wildman–Crippen MR) is 75.6 cm³/mol. The van der Waals surface area contributed by atoms with Crippen molar-refractivity contribution >= 4 is 0 Å². The molecule has 100 valence electrons. The third-order valence-corrected chi connectivity index (χ3v) is 4.04. The Kier molecular flexibility index (Phi) is 5.69. The molecule has 2 unspecified atom stereocenters. The van der Waals surface area contributed by atoms with Crippen LogP contribution in [0.5, 0.6) is 0 Å². The van der Waals surface area contributed by atoms with E-state index in [1.54, 1.807) is 0 Å². The highest BCUT2D eigenvalue weighted by atomic mass is 16.3. The summed E-state index contributed by atoms with van der Waals surface area (Å²) in [6, 6.07) is 11.3. The molecule has 2 rings (SSSR count). The van der Waals surface area contributed by atoms with E-state index < -0.39 is 0 Å². The van der Waals surface area contributed by atoms with Gasteiger partial charge in [0.25, 0.3) is 0 Å². The lowest BCUT2D eigenvalue weighted by Crippen LogP contribution is -2.34. The van der Waals surface area contributed by atoms with Crippen LogP contribution in [0.1, 0.15) is 37.7 Å². The van der Waals surface area contributed by atoms with Crippen molar-refractivity contribution in [2.75, 3.05) is 13.2 Å². The van der Waals surface area contributed by atoms with E-state index in [9.17, 15) is 5.11 Å². The maximum absolute atomic E-state index is 9.25. The van der Waals surface area contributed by atoms with E-state index >= 15 is 0 Å². The smallest absolute Gasteiger partial charge is 0.0474 e. The third kappa shape index (κ3) is 4.11. The van der Waals surface area contributed by atoms with Crippen LogP contribution in [-0.4, -0.2) is 24.3 Å². The molecule has 1 aliphatic carbocycles. The highest BCUT2D eigenvalue weighted by molar-refractivity contribution is 5.14. The molecule has 1 aliphatic rings. The first-order chi connectivity index (χ1) is 8.90. The molecule has 0 amide bonds. The van der Waals surface area contributed by atoms with Gasteiger partial charge in [-0.1, -0.05) is 36.8 Å². The van der Waals surface area contributed by atoms with Crippen molar-refractivity contribution in [2.24, 2.45) is 5.92 Å². The fraction of sp³-hybridized carbons (Fsp3) is 0.625. The predicted octanol–water partition coefficient (Wildman–Crippen LogP) is 2.76. The number of aryl methyl sites for hydroxylation is 1. The number of hydrogen-bond donors (Lipinski definition) is 2. The minimum Gasteiger partial charge on any atom is -0.396 e. The molecular formula is C16H25NO. The summed E-state index contributed by atoms with van der Waals surface area (Å²) >= 11 is 0. The van der Waals surface area contributed by atoms with Crippen LogP contribution in [0.3, 0.4) is 0 Å². The molecule has 2 atom stereocenters. The van der Waals surface area contributed by atoms with Gasteiger partial charge in [0.05, 0.1) is 0 Å². The lowest BCUT2D eigenvalue weighted by atomic mass is 10.0. The average molecular weight is 247 g/mol. The molecule has 1 aromatic carbocycles. The number of aliphatic hydroxyl groups is 1. The van der Waals surface area contributed by atoms with Gasteiger partial charge in [-0.3, -0.25) is 0 Å². The zero-order valence-corrected chi connectivity index (χ0v) is 11.1. The summed E-state index contributed by atoms with van der Waals surface area (Å²) in [5.74, 6) is 0.499. The van der Waals surface area contributed by atoms with E-state index in [-0.39, 0.29) is 0 Å². The second-order valence-corrected chi connectivity index (χ2v) is 5.38. The molecule has 2 N–H and O–H groups in total. The Morgan fingerprint density at radius 2 is 1.94 bits per heavy atom. The van der Waals surface area contributed by atoms with Gasteiger partial charge in [0.1, 0.15) is 0 Å².